The predicted molar refractivity (Wildman–Crippen MR) is 126 cm³/mol. The molecule has 0 aliphatic heterocycles. The number of rotatable bonds is 2. The minimum absolute atomic E-state index is 1.25. The molecule has 0 atom stereocenters. The van der Waals surface area contributed by atoms with Gasteiger partial charge in [0.2, 0.25) is 5.69 Å². The third kappa shape index (κ3) is 2.87. The molecule has 0 radical (unpaired) electrons. The Morgan fingerprint density at radius 3 is 2.07 bits per heavy atom. The summed E-state index contributed by atoms with van der Waals surface area (Å²) in [5.41, 5.74) is 9.13. The van der Waals surface area contributed by atoms with Crippen molar-refractivity contribution in [2.24, 2.45) is 7.05 Å². The molecular weight excluding hydrogens is 370 g/mol. The molecule has 142 valence electrons. The molecule has 0 fully saturated rings. The number of benzene rings is 3. The lowest BCUT2D eigenvalue weighted by molar-refractivity contribution is -0.660. The fourth-order valence-electron chi connectivity index (χ4n) is 4.37. The van der Waals surface area contributed by atoms with E-state index in [-0.39, 0.29) is 0 Å². The summed E-state index contributed by atoms with van der Waals surface area (Å²) in [6.45, 7) is 6.61. The van der Waals surface area contributed by atoms with Gasteiger partial charge in [-0.2, -0.15) is 0 Å². The maximum atomic E-state index is 2.36. The number of aromatic nitrogens is 1. The summed E-state index contributed by atoms with van der Waals surface area (Å²) in [5, 5.41) is 2.72. The van der Waals surface area contributed by atoms with E-state index >= 15 is 0 Å². The summed E-state index contributed by atoms with van der Waals surface area (Å²) in [6.07, 6.45) is 2.26. The topological polar surface area (TPSA) is 3.88 Å². The molecule has 2 aromatic heterocycles. The van der Waals surface area contributed by atoms with Crippen LogP contribution in [0.3, 0.4) is 0 Å². The van der Waals surface area contributed by atoms with Crippen LogP contribution in [0.25, 0.3) is 42.6 Å². The maximum Gasteiger partial charge on any atom is 0.213 e. The highest BCUT2D eigenvalue weighted by Gasteiger charge is 2.19. The largest absolute Gasteiger partial charge is 0.213 e. The predicted octanol–water partition coefficient (Wildman–Crippen LogP) is 7.14. The van der Waals surface area contributed by atoms with Crippen LogP contribution in [0.5, 0.6) is 0 Å². The van der Waals surface area contributed by atoms with Crippen molar-refractivity contribution in [1.82, 2.24) is 0 Å². The molecule has 0 saturated carbocycles. The SMILES string of the molecule is Cc1c[n+](C)c(-c2ccccc2C)cc1-c1cccc2c1sc1c(C)cccc12. The molecule has 5 rings (SSSR count). The lowest BCUT2D eigenvalue weighted by Gasteiger charge is -2.10. The first-order valence-electron chi connectivity index (χ1n) is 10.0. The number of hydrogen-bond acceptors (Lipinski definition) is 1. The van der Waals surface area contributed by atoms with Gasteiger partial charge < -0.3 is 0 Å². The fraction of sp³-hybridized carbons (Fsp3) is 0.148. The number of hydrogen-bond donors (Lipinski definition) is 0. The summed E-state index contributed by atoms with van der Waals surface area (Å²) in [6, 6.07) is 24.4. The average molecular weight is 395 g/mol. The van der Waals surface area contributed by atoms with Gasteiger partial charge in [-0.1, -0.05) is 54.6 Å². The minimum Gasteiger partial charge on any atom is -0.201 e. The van der Waals surface area contributed by atoms with E-state index in [0.717, 1.165) is 0 Å². The summed E-state index contributed by atoms with van der Waals surface area (Å²) >= 11 is 1.92. The Hall–Kier alpha value is -2.97. The van der Waals surface area contributed by atoms with Crippen LogP contribution >= 0.6 is 11.3 Å². The van der Waals surface area contributed by atoms with Crippen LogP contribution in [0.4, 0.5) is 0 Å². The number of nitrogens with zero attached hydrogens (tertiary/aromatic N) is 1. The second-order valence-electron chi connectivity index (χ2n) is 7.92. The first-order chi connectivity index (χ1) is 14.0. The van der Waals surface area contributed by atoms with Gasteiger partial charge in [0.25, 0.3) is 0 Å². The van der Waals surface area contributed by atoms with Gasteiger partial charge in [0.15, 0.2) is 6.20 Å². The smallest absolute Gasteiger partial charge is 0.201 e. The Bertz CT molecular complexity index is 1390. The Morgan fingerprint density at radius 2 is 1.28 bits per heavy atom. The highest BCUT2D eigenvalue weighted by molar-refractivity contribution is 7.26. The van der Waals surface area contributed by atoms with Crippen molar-refractivity contribution in [2.75, 3.05) is 0 Å². The lowest BCUT2D eigenvalue weighted by atomic mass is 9.96. The molecule has 0 unspecified atom stereocenters. The maximum absolute atomic E-state index is 2.36. The molecule has 0 aliphatic rings. The van der Waals surface area contributed by atoms with E-state index in [1.165, 1.54) is 59.2 Å². The van der Waals surface area contributed by atoms with Crippen molar-refractivity contribution >= 4 is 31.5 Å². The Kier molecular flexibility index (Phi) is 4.25. The Morgan fingerprint density at radius 1 is 0.621 bits per heavy atom. The zero-order valence-electron chi connectivity index (χ0n) is 17.3. The minimum atomic E-state index is 1.25. The van der Waals surface area contributed by atoms with Gasteiger partial charge in [-0.05, 0) is 43.5 Å². The lowest BCUT2D eigenvalue weighted by Crippen LogP contribution is -2.31. The van der Waals surface area contributed by atoms with Crippen LogP contribution < -0.4 is 4.57 Å². The van der Waals surface area contributed by atoms with Crippen LogP contribution in [0, 0.1) is 20.8 Å². The summed E-state index contributed by atoms with van der Waals surface area (Å²) in [7, 11) is 2.14. The number of thiophene rings is 1. The molecule has 3 aromatic carbocycles. The highest BCUT2D eigenvalue weighted by Crippen LogP contribution is 2.42. The monoisotopic (exact) mass is 394 g/mol. The van der Waals surface area contributed by atoms with E-state index in [2.05, 4.69) is 105 Å². The number of pyridine rings is 1. The van der Waals surface area contributed by atoms with Crippen LogP contribution in [0.2, 0.25) is 0 Å². The molecule has 0 aliphatic carbocycles. The summed E-state index contributed by atoms with van der Waals surface area (Å²) in [5.74, 6) is 0. The van der Waals surface area contributed by atoms with Gasteiger partial charge in [0, 0.05) is 42.9 Å². The first kappa shape index (κ1) is 18.1. The van der Waals surface area contributed by atoms with Crippen LogP contribution in [-0.2, 0) is 7.05 Å². The molecule has 2 heteroatoms. The van der Waals surface area contributed by atoms with Gasteiger partial charge in [-0.3, -0.25) is 0 Å². The van der Waals surface area contributed by atoms with Gasteiger partial charge in [-0.15, -0.1) is 11.3 Å². The first-order valence-corrected chi connectivity index (χ1v) is 10.8. The quantitative estimate of drug-likeness (QED) is 0.280. The molecule has 0 amide bonds. The van der Waals surface area contributed by atoms with Crippen LogP contribution in [-0.4, -0.2) is 0 Å². The number of fused-ring (bicyclic) bond motifs is 3. The second kappa shape index (κ2) is 6.82. The van der Waals surface area contributed by atoms with Gasteiger partial charge >= 0.3 is 0 Å². The molecular formula is C27H24NS+. The third-order valence-electron chi connectivity index (χ3n) is 5.91. The van der Waals surface area contributed by atoms with Gasteiger partial charge in [0.05, 0.1) is 0 Å². The second-order valence-corrected chi connectivity index (χ2v) is 8.94. The highest BCUT2D eigenvalue weighted by atomic mass is 32.1. The zero-order chi connectivity index (χ0) is 20.1. The van der Waals surface area contributed by atoms with Crippen molar-refractivity contribution in [1.29, 1.82) is 0 Å². The van der Waals surface area contributed by atoms with E-state index in [1.807, 2.05) is 11.3 Å². The van der Waals surface area contributed by atoms with Gasteiger partial charge in [-0.25, -0.2) is 4.57 Å². The molecule has 0 bridgehead atoms. The molecule has 2 heterocycles. The van der Waals surface area contributed by atoms with Crippen LogP contribution in [0.15, 0.2) is 72.9 Å². The van der Waals surface area contributed by atoms with E-state index in [9.17, 15) is 0 Å². The van der Waals surface area contributed by atoms with Gasteiger partial charge in [0.1, 0.15) is 7.05 Å². The van der Waals surface area contributed by atoms with E-state index in [0.29, 0.717) is 0 Å². The van der Waals surface area contributed by atoms with Crippen molar-refractivity contribution < 1.29 is 4.57 Å². The standard InChI is InChI=1S/C27H24NS/c1-17-9-5-6-11-20(17)25-15-24(19(3)16-28(25)4)23-14-8-13-22-21-12-7-10-18(2)26(21)29-27(22)23/h5-16H,1-4H3/q+1. The molecule has 0 saturated heterocycles. The molecule has 29 heavy (non-hydrogen) atoms. The fourth-order valence-corrected chi connectivity index (χ4v) is 5.67. The Balaban J connectivity index is 1.82. The summed E-state index contributed by atoms with van der Waals surface area (Å²) < 4.78 is 5.02. The van der Waals surface area contributed by atoms with Crippen molar-refractivity contribution in [3.63, 3.8) is 0 Å². The normalized spacial score (nSPS) is 11.4. The van der Waals surface area contributed by atoms with Crippen LogP contribution in [0.1, 0.15) is 16.7 Å². The molecule has 0 N–H and O–H groups in total. The average Bonchev–Trinajstić information content (AvgIpc) is 3.10. The van der Waals surface area contributed by atoms with E-state index in [4.69, 9.17) is 0 Å². The van der Waals surface area contributed by atoms with E-state index < -0.39 is 0 Å². The summed E-state index contributed by atoms with van der Waals surface area (Å²) in [4.78, 5) is 0. The van der Waals surface area contributed by atoms with Crippen molar-refractivity contribution in [3.05, 3.63) is 89.6 Å². The Labute approximate surface area is 175 Å². The molecule has 0 spiro atoms. The third-order valence-corrected chi connectivity index (χ3v) is 7.30. The van der Waals surface area contributed by atoms with E-state index in [1.54, 1.807) is 0 Å². The van der Waals surface area contributed by atoms with Crippen molar-refractivity contribution in [3.8, 4) is 22.4 Å². The zero-order valence-corrected chi connectivity index (χ0v) is 18.1. The van der Waals surface area contributed by atoms with Crippen molar-refractivity contribution in [2.45, 2.75) is 20.8 Å². The molecule has 5 aromatic rings. The number of aryl methyl sites for hydroxylation is 4. The molecule has 1 nitrogen and oxygen atoms in total.